The van der Waals surface area contributed by atoms with E-state index in [1.54, 1.807) is 25.9 Å². The highest BCUT2D eigenvalue weighted by atomic mass is 32.2. The van der Waals surface area contributed by atoms with Gasteiger partial charge in [-0.15, -0.1) is 0 Å². The fourth-order valence-electron chi connectivity index (χ4n) is 3.54. The highest BCUT2D eigenvalue weighted by molar-refractivity contribution is 7.89. The molecule has 0 spiro atoms. The Balaban J connectivity index is 0.000000718. The number of aryl methyl sites for hydroxylation is 3. The smallest absolute Gasteiger partial charge is 0.475 e. The first-order valence-corrected chi connectivity index (χ1v) is 12.0. The summed E-state index contributed by atoms with van der Waals surface area (Å²) < 4.78 is 64.9. The molecule has 1 amide bonds. The molecule has 0 aliphatic carbocycles. The third-order valence-corrected chi connectivity index (χ3v) is 7.13. The van der Waals surface area contributed by atoms with Gasteiger partial charge in [0.05, 0.1) is 11.4 Å². The van der Waals surface area contributed by atoms with Crippen molar-refractivity contribution in [1.29, 1.82) is 0 Å². The summed E-state index contributed by atoms with van der Waals surface area (Å²) in [5.74, 6) is -2.91. The number of hydrogen-bond donors (Lipinski definition) is 2. The fraction of sp³-hybridized carbons (Fsp3) is 0.619. The van der Waals surface area contributed by atoms with Gasteiger partial charge in [-0.1, -0.05) is 17.7 Å². The van der Waals surface area contributed by atoms with Crippen molar-refractivity contribution in [3.05, 3.63) is 28.8 Å². The lowest BCUT2D eigenvalue weighted by Crippen LogP contribution is -2.50. The molecule has 0 unspecified atom stereocenters. The summed E-state index contributed by atoms with van der Waals surface area (Å²) >= 11 is 0. The van der Waals surface area contributed by atoms with Crippen molar-refractivity contribution in [3.8, 4) is 0 Å². The molecule has 9 nitrogen and oxygen atoms in total. The fourth-order valence-corrected chi connectivity index (χ4v) is 5.38. The number of carboxylic acids is 1. The number of halogens is 3. The number of aliphatic carboxylic acids is 1. The molecule has 1 saturated heterocycles. The SMILES string of the molecule is COCCCN(CC(=O)N1CCNCC1)S(=O)(=O)c1c(C)cc(C)cc1C.O=C(O)C(F)(F)F. The lowest BCUT2D eigenvalue weighted by molar-refractivity contribution is -0.192. The van der Waals surface area contributed by atoms with E-state index in [2.05, 4.69) is 5.32 Å². The second kappa shape index (κ2) is 13.0. The highest BCUT2D eigenvalue weighted by Crippen LogP contribution is 2.25. The van der Waals surface area contributed by atoms with Crippen molar-refractivity contribution in [2.45, 2.75) is 38.3 Å². The summed E-state index contributed by atoms with van der Waals surface area (Å²) in [7, 11) is -2.20. The molecule has 34 heavy (non-hydrogen) atoms. The lowest BCUT2D eigenvalue weighted by Gasteiger charge is -2.30. The molecule has 1 aliphatic rings. The maximum absolute atomic E-state index is 13.4. The summed E-state index contributed by atoms with van der Waals surface area (Å²) in [6, 6.07) is 3.73. The normalized spacial score (nSPS) is 14.5. The van der Waals surface area contributed by atoms with E-state index in [9.17, 15) is 26.4 Å². The number of carbonyl (C=O) groups excluding carboxylic acids is 1. The molecule has 0 bridgehead atoms. The summed E-state index contributed by atoms with van der Waals surface area (Å²) in [6.07, 6.45) is -4.55. The standard InChI is InChI=1S/C19H31N3O4S.C2HF3O2/c1-15-12-16(2)19(17(3)13-15)27(24,25)22(8-5-11-26-4)14-18(23)21-9-6-20-7-10-21;3-2(4,5)1(6)7/h12-13,20H,5-11,14H2,1-4H3;(H,6,7). The molecular formula is C21H32F3N3O6S. The molecule has 0 saturated carbocycles. The first-order chi connectivity index (χ1) is 15.7. The Morgan fingerprint density at radius 2 is 1.65 bits per heavy atom. The van der Waals surface area contributed by atoms with E-state index < -0.39 is 22.2 Å². The topological polar surface area (TPSA) is 116 Å². The van der Waals surface area contributed by atoms with Gasteiger partial charge in [-0.25, -0.2) is 13.2 Å². The Bertz CT molecular complexity index is 925. The predicted octanol–water partition coefficient (Wildman–Crippen LogP) is 1.70. The molecule has 2 rings (SSSR count). The first-order valence-electron chi connectivity index (χ1n) is 10.6. The molecule has 1 aromatic rings. The minimum Gasteiger partial charge on any atom is -0.475 e. The Hall–Kier alpha value is -2.22. The summed E-state index contributed by atoms with van der Waals surface area (Å²) in [4.78, 5) is 23.6. The van der Waals surface area contributed by atoms with Crippen molar-refractivity contribution in [3.63, 3.8) is 0 Å². The number of carboxylic acid groups (broad SMARTS) is 1. The Morgan fingerprint density at radius 1 is 1.15 bits per heavy atom. The first kappa shape index (κ1) is 29.8. The molecule has 2 N–H and O–H groups in total. The van der Waals surface area contributed by atoms with Gasteiger partial charge >= 0.3 is 12.1 Å². The van der Waals surface area contributed by atoms with Crippen molar-refractivity contribution in [2.75, 3.05) is 53.0 Å². The number of ether oxygens (including phenoxy) is 1. The maximum atomic E-state index is 13.4. The number of methoxy groups -OCH3 is 1. The molecular weight excluding hydrogens is 479 g/mol. The zero-order valence-corrected chi connectivity index (χ0v) is 20.6. The highest BCUT2D eigenvalue weighted by Gasteiger charge is 2.38. The Kier molecular flexibility index (Phi) is 11.4. The van der Waals surface area contributed by atoms with E-state index in [0.29, 0.717) is 42.1 Å². The van der Waals surface area contributed by atoms with Crippen LogP contribution >= 0.6 is 0 Å². The van der Waals surface area contributed by atoms with Gasteiger partial charge in [0, 0.05) is 46.4 Å². The molecule has 1 heterocycles. The zero-order valence-electron chi connectivity index (χ0n) is 19.7. The molecule has 13 heteroatoms. The number of hydrogen-bond acceptors (Lipinski definition) is 6. The van der Waals surface area contributed by atoms with Gasteiger partial charge in [-0.2, -0.15) is 17.5 Å². The van der Waals surface area contributed by atoms with Gasteiger partial charge < -0.3 is 20.1 Å². The Labute approximate surface area is 197 Å². The van der Waals surface area contributed by atoms with E-state index in [0.717, 1.165) is 18.7 Å². The van der Waals surface area contributed by atoms with E-state index in [4.69, 9.17) is 14.6 Å². The van der Waals surface area contributed by atoms with E-state index >= 15 is 0 Å². The number of nitrogens with zero attached hydrogens (tertiary/aromatic N) is 2. The number of amides is 1. The number of carbonyl (C=O) groups is 2. The van der Waals surface area contributed by atoms with Crippen LogP contribution in [-0.4, -0.2) is 93.8 Å². The molecule has 1 aliphatic heterocycles. The number of alkyl halides is 3. The van der Waals surface area contributed by atoms with Crippen LogP contribution in [0, 0.1) is 20.8 Å². The summed E-state index contributed by atoms with van der Waals surface area (Å²) in [5.41, 5.74) is 2.43. The van der Waals surface area contributed by atoms with Crippen molar-refractivity contribution in [1.82, 2.24) is 14.5 Å². The zero-order chi connectivity index (χ0) is 26.1. The van der Waals surface area contributed by atoms with E-state index in [1.165, 1.54) is 4.31 Å². The van der Waals surface area contributed by atoms with Crippen LogP contribution in [0.3, 0.4) is 0 Å². The third-order valence-electron chi connectivity index (χ3n) is 4.98. The Morgan fingerprint density at radius 3 is 2.09 bits per heavy atom. The van der Waals surface area contributed by atoms with Gasteiger partial charge in [-0.05, 0) is 38.3 Å². The van der Waals surface area contributed by atoms with Gasteiger partial charge in [-0.3, -0.25) is 4.79 Å². The number of sulfonamides is 1. The van der Waals surface area contributed by atoms with Gasteiger partial charge in [0.15, 0.2) is 0 Å². The summed E-state index contributed by atoms with van der Waals surface area (Å²) in [6.45, 7) is 8.79. The largest absolute Gasteiger partial charge is 0.490 e. The number of nitrogens with one attached hydrogen (secondary N) is 1. The van der Waals surface area contributed by atoms with Crippen LogP contribution in [0.1, 0.15) is 23.1 Å². The average molecular weight is 512 g/mol. The van der Waals surface area contributed by atoms with Gasteiger partial charge in [0.2, 0.25) is 15.9 Å². The van der Waals surface area contributed by atoms with E-state index in [1.807, 2.05) is 19.1 Å². The second-order valence-electron chi connectivity index (χ2n) is 7.85. The minimum atomic E-state index is -5.08. The van der Waals surface area contributed by atoms with Crippen LogP contribution in [0.25, 0.3) is 0 Å². The number of rotatable bonds is 8. The quantitative estimate of drug-likeness (QED) is 0.511. The molecule has 0 aromatic heterocycles. The van der Waals surface area contributed by atoms with Crippen molar-refractivity contribution >= 4 is 21.9 Å². The van der Waals surface area contributed by atoms with Crippen LogP contribution in [-0.2, 0) is 24.3 Å². The summed E-state index contributed by atoms with van der Waals surface area (Å²) in [5, 5.41) is 10.3. The van der Waals surface area contributed by atoms with Crippen LogP contribution in [0.2, 0.25) is 0 Å². The van der Waals surface area contributed by atoms with Crippen LogP contribution in [0.5, 0.6) is 0 Å². The molecule has 194 valence electrons. The molecule has 0 atom stereocenters. The predicted molar refractivity (Wildman–Crippen MR) is 119 cm³/mol. The maximum Gasteiger partial charge on any atom is 0.490 e. The third kappa shape index (κ3) is 8.85. The van der Waals surface area contributed by atoms with Gasteiger partial charge in [0.25, 0.3) is 0 Å². The van der Waals surface area contributed by atoms with Crippen LogP contribution in [0.15, 0.2) is 17.0 Å². The van der Waals surface area contributed by atoms with Gasteiger partial charge in [0.1, 0.15) is 0 Å². The molecule has 1 aromatic carbocycles. The molecule has 0 radical (unpaired) electrons. The average Bonchev–Trinajstić information content (AvgIpc) is 2.72. The van der Waals surface area contributed by atoms with Crippen LogP contribution in [0.4, 0.5) is 13.2 Å². The molecule has 1 fully saturated rings. The number of benzene rings is 1. The number of piperazine rings is 1. The minimum absolute atomic E-state index is 0.140. The van der Waals surface area contributed by atoms with Crippen molar-refractivity contribution < 1.29 is 41.0 Å². The monoisotopic (exact) mass is 511 g/mol. The lowest BCUT2D eigenvalue weighted by atomic mass is 10.1. The van der Waals surface area contributed by atoms with Crippen LogP contribution < -0.4 is 5.32 Å². The second-order valence-corrected chi connectivity index (χ2v) is 9.72. The van der Waals surface area contributed by atoms with E-state index in [-0.39, 0.29) is 19.0 Å². The van der Waals surface area contributed by atoms with Crippen molar-refractivity contribution in [2.24, 2.45) is 0 Å².